The van der Waals surface area contributed by atoms with Crippen LogP contribution in [-0.4, -0.2) is 12.2 Å². The predicted molar refractivity (Wildman–Crippen MR) is 93.8 cm³/mol. The van der Waals surface area contributed by atoms with Gasteiger partial charge in [0.2, 0.25) is 0 Å². The Bertz CT molecular complexity index is 226. The number of ether oxygens (including phenoxy) is 1. The lowest BCUT2D eigenvalue weighted by Gasteiger charge is -2.06. The molecule has 0 bridgehead atoms. The average molecular weight is 297 g/mol. The number of epoxide rings is 1. The summed E-state index contributed by atoms with van der Waals surface area (Å²) in [5.41, 5.74) is 0. The summed E-state index contributed by atoms with van der Waals surface area (Å²) in [4.78, 5) is 0. The first-order valence-corrected chi connectivity index (χ1v) is 9.93. The normalized spacial score (nSPS) is 22.4. The van der Waals surface area contributed by atoms with Gasteiger partial charge in [-0.3, -0.25) is 0 Å². The van der Waals surface area contributed by atoms with E-state index in [9.17, 15) is 0 Å². The minimum Gasteiger partial charge on any atom is -0.370 e. The third-order valence-electron chi connectivity index (χ3n) is 5.16. The minimum atomic E-state index is 0.628. The highest BCUT2D eigenvalue weighted by Crippen LogP contribution is 2.32. The number of hydrogen-bond donors (Lipinski definition) is 0. The van der Waals surface area contributed by atoms with Gasteiger partial charge in [-0.15, -0.1) is 0 Å². The first kappa shape index (κ1) is 19.0. The number of unbranched alkanes of at least 4 members (excludes halogenated alkanes) is 8. The standard InChI is InChI=1S/C20H40O/c1-4-6-7-8-9-10-11-12-13-16-19-20(21-19)17-14-15-18(3)5-2/h18-20H,4-17H2,1-3H3/t18?,19-,20+/m1/s1. The van der Waals surface area contributed by atoms with Crippen molar-refractivity contribution in [3.05, 3.63) is 0 Å². The van der Waals surface area contributed by atoms with Crippen molar-refractivity contribution in [2.24, 2.45) is 5.92 Å². The molecule has 126 valence electrons. The molecule has 1 fully saturated rings. The molecule has 1 saturated heterocycles. The van der Waals surface area contributed by atoms with E-state index in [4.69, 9.17) is 4.74 Å². The molecule has 0 aromatic carbocycles. The Balaban J connectivity index is 1.77. The molecular weight excluding hydrogens is 256 g/mol. The van der Waals surface area contributed by atoms with Gasteiger partial charge in [0.15, 0.2) is 0 Å². The fourth-order valence-corrected chi connectivity index (χ4v) is 3.21. The number of hydrogen-bond acceptors (Lipinski definition) is 1. The van der Waals surface area contributed by atoms with Gasteiger partial charge in [0.05, 0.1) is 12.2 Å². The molecule has 0 aromatic rings. The maximum absolute atomic E-state index is 5.80. The largest absolute Gasteiger partial charge is 0.370 e. The molecule has 0 N–H and O–H groups in total. The van der Waals surface area contributed by atoms with Gasteiger partial charge >= 0.3 is 0 Å². The monoisotopic (exact) mass is 296 g/mol. The van der Waals surface area contributed by atoms with Crippen LogP contribution in [0.2, 0.25) is 0 Å². The van der Waals surface area contributed by atoms with Crippen LogP contribution in [0.5, 0.6) is 0 Å². The maximum atomic E-state index is 5.80. The van der Waals surface area contributed by atoms with E-state index in [2.05, 4.69) is 20.8 Å². The molecular formula is C20H40O. The van der Waals surface area contributed by atoms with Gasteiger partial charge in [0, 0.05) is 0 Å². The zero-order valence-corrected chi connectivity index (χ0v) is 15.0. The van der Waals surface area contributed by atoms with Gasteiger partial charge in [-0.1, -0.05) is 97.8 Å². The zero-order valence-electron chi connectivity index (χ0n) is 15.0. The highest BCUT2D eigenvalue weighted by Gasteiger charge is 2.36. The highest BCUT2D eigenvalue weighted by molar-refractivity contribution is 4.84. The van der Waals surface area contributed by atoms with Crippen molar-refractivity contribution in [2.45, 2.75) is 123 Å². The van der Waals surface area contributed by atoms with Crippen LogP contribution in [0.1, 0.15) is 111 Å². The second-order valence-electron chi connectivity index (χ2n) is 7.27. The second-order valence-corrected chi connectivity index (χ2v) is 7.27. The molecule has 0 spiro atoms. The van der Waals surface area contributed by atoms with Gasteiger partial charge in [0.25, 0.3) is 0 Å². The quantitative estimate of drug-likeness (QED) is 0.237. The molecule has 0 amide bonds. The fraction of sp³-hybridized carbons (Fsp3) is 1.00. The SMILES string of the molecule is CCCCCCCCCCC[C@H]1O[C@H]1CCCC(C)CC. The summed E-state index contributed by atoms with van der Waals surface area (Å²) in [6, 6.07) is 0. The Labute approximate surface area is 134 Å². The Morgan fingerprint density at radius 2 is 1.24 bits per heavy atom. The third kappa shape index (κ3) is 10.3. The lowest BCUT2D eigenvalue weighted by atomic mass is 9.99. The van der Waals surface area contributed by atoms with Crippen LogP contribution in [0.25, 0.3) is 0 Å². The summed E-state index contributed by atoms with van der Waals surface area (Å²) >= 11 is 0. The smallest absolute Gasteiger partial charge is 0.0841 e. The molecule has 1 nitrogen and oxygen atoms in total. The Morgan fingerprint density at radius 3 is 1.81 bits per heavy atom. The van der Waals surface area contributed by atoms with Crippen molar-refractivity contribution in [1.29, 1.82) is 0 Å². The summed E-state index contributed by atoms with van der Waals surface area (Å²) in [6.45, 7) is 6.95. The van der Waals surface area contributed by atoms with Gasteiger partial charge in [-0.05, 0) is 18.8 Å². The van der Waals surface area contributed by atoms with Crippen molar-refractivity contribution in [3.63, 3.8) is 0 Å². The van der Waals surface area contributed by atoms with Crippen molar-refractivity contribution in [1.82, 2.24) is 0 Å². The Hall–Kier alpha value is -0.0400. The molecule has 1 aliphatic rings. The molecule has 3 atom stereocenters. The van der Waals surface area contributed by atoms with Crippen molar-refractivity contribution in [2.75, 3.05) is 0 Å². The summed E-state index contributed by atoms with van der Waals surface area (Å²) in [6.07, 6.45) is 20.8. The molecule has 0 saturated carbocycles. The van der Waals surface area contributed by atoms with Crippen LogP contribution in [0.15, 0.2) is 0 Å². The van der Waals surface area contributed by atoms with E-state index in [1.165, 1.54) is 89.9 Å². The van der Waals surface area contributed by atoms with E-state index >= 15 is 0 Å². The van der Waals surface area contributed by atoms with Gasteiger partial charge in [-0.2, -0.15) is 0 Å². The highest BCUT2D eigenvalue weighted by atomic mass is 16.6. The topological polar surface area (TPSA) is 12.5 Å². The van der Waals surface area contributed by atoms with E-state index in [0.29, 0.717) is 12.2 Å². The lowest BCUT2D eigenvalue weighted by Crippen LogP contribution is -1.97. The molecule has 1 aliphatic heterocycles. The molecule has 21 heavy (non-hydrogen) atoms. The van der Waals surface area contributed by atoms with Crippen LogP contribution in [0.4, 0.5) is 0 Å². The number of rotatable bonds is 15. The predicted octanol–water partition coefficient (Wildman–Crippen LogP) is 6.89. The van der Waals surface area contributed by atoms with Crippen molar-refractivity contribution >= 4 is 0 Å². The van der Waals surface area contributed by atoms with Crippen molar-refractivity contribution < 1.29 is 4.74 Å². The fourth-order valence-electron chi connectivity index (χ4n) is 3.21. The van der Waals surface area contributed by atoms with Crippen LogP contribution in [0.3, 0.4) is 0 Å². The van der Waals surface area contributed by atoms with Crippen LogP contribution in [0, 0.1) is 5.92 Å². The first-order valence-electron chi connectivity index (χ1n) is 9.93. The van der Waals surface area contributed by atoms with Gasteiger partial charge in [-0.25, -0.2) is 0 Å². The minimum absolute atomic E-state index is 0.628. The van der Waals surface area contributed by atoms with E-state index in [-0.39, 0.29) is 0 Å². The average Bonchev–Trinajstić information content (AvgIpc) is 3.23. The summed E-state index contributed by atoms with van der Waals surface area (Å²) in [7, 11) is 0. The maximum Gasteiger partial charge on any atom is 0.0841 e. The molecule has 1 rings (SSSR count). The van der Waals surface area contributed by atoms with E-state index < -0.39 is 0 Å². The molecule has 0 aromatic heterocycles. The van der Waals surface area contributed by atoms with Crippen LogP contribution in [-0.2, 0) is 4.74 Å². The zero-order chi connectivity index (χ0) is 15.3. The molecule has 1 heteroatoms. The molecule has 0 aliphatic carbocycles. The first-order chi connectivity index (χ1) is 10.3. The third-order valence-corrected chi connectivity index (χ3v) is 5.16. The molecule has 0 radical (unpaired) electrons. The van der Waals surface area contributed by atoms with E-state index in [1.54, 1.807) is 0 Å². The van der Waals surface area contributed by atoms with Gasteiger partial charge in [0.1, 0.15) is 0 Å². The molecule has 1 unspecified atom stereocenters. The lowest BCUT2D eigenvalue weighted by molar-refractivity contribution is 0.344. The van der Waals surface area contributed by atoms with Crippen molar-refractivity contribution in [3.8, 4) is 0 Å². The van der Waals surface area contributed by atoms with Crippen LogP contribution < -0.4 is 0 Å². The van der Waals surface area contributed by atoms with E-state index in [0.717, 1.165) is 5.92 Å². The Kier molecular flexibility index (Phi) is 11.3. The summed E-state index contributed by atoms with van der Waals surface area (Å²) in [5, 5.41) is 0. The van der Waals surface area contributed by atoms with Crippen LogP contribution >= 0.6 is 0 Å². The Morgan fingerprint density at radius 1 is 0.714 bits per heavy atom. The van der Waals surface area contributed by atoms with E-state index in [1.807, 2.05) is 0 Å². The second kappa shape index (κ2) is 12.5. The summed E-state index contributed by atoms with van der Waals surface area (Å²) < 4.78 is 5.80. The molecule has 1 heterocycles. The van der Waals surface area contributed by atoms with Gasteiger partial charge < -0.3 is 4.74 Å². The summed E-state index contributed by atoms with van der Waals surface area (Å²) in [5.74, 6) is 0.902.